The van der Waals surface area contributed by atoms with Crippen LogP contribution in [0.2, 0.25) is 0 Å². The Morgan fingerprint density at radius 3 is 2.53 bits per heavy atom. The van der Waals surface area contributed by atoms with Crippen molar-refractivity contribution in [2.45, 2.75) is 46.7 Å². The van der Waals surface area contributed by atoms with Gasteiger partial charge in [0.05, 0.1) is 0 Å². The molecule has 0 aliphatic rings. The molecule has 1 aromatic heterocycles. The molecule has 3 heteroatoms. The topological polar surface area (TPSA) is 28.2 Å². The minimum atomic E-state index is 0.581. The highest BCUT2D eigenvalue weighted by Crippen LogP contribution is 2.09. The Balaban J connectivity index is 2.55. The zero-order chi connectivity index (χ0) is 12.7. The van der Waals surface area contributed by atoms with Crippen LogP contribution in [-0.2, 0) is 6.54 Å². The maximum atomic E-state index is 4.43. The van der Waals surface area contributed by atoms with Gasteiger partial charge in [-0.05, 0) is 38.4 Å². The smallest absolute Gasteiger partial charge is 0.125 e. The molecule has 1 N–H and O–H groups in total. The number of hydrogen-bond acceptors (Lipinski definition) is 3. The fourth-order valence-corrected chi connectivity index (χ4v) is 1.77. The zero-order valence-corrected chi connectivity index (χ0v) is 11.5. The van der Waals surface area contributed by atoms with Gasteiger partial charge in [-0.25, -0.2) is 4.98 Å². The van der Waals surface area contributed by atoms with Crippen molar-refractivity contribution in [2.75, 3.05) is 18.4 Å². The van der Waals surface area contributed by atoms with E-state index in [2.05, 4.69) is 55.0 Å². The van der Waals surface area contributed by atoms with E-state index in [0.29, 0.717) is 6.04 Å². The number of nitrogens with zero attached hydrogens (tertiary/aromatic N) is 2. The molecule has 3 nitrogen and oxygen atoms in total. The van der Waals surface area contributed by atoms with Gasteiger partial charge in [0.25, 0.3) is 0 Å². The van der Waals surface area contributed by atoms with Gasteiger partial charge in [0, 0.05) is 25.3 Å². The summed E-state index contributed by atoms with van der Waals surface area (Å²) in [6.45, 7) is 11.9. The Morgan fingerprint density at radius 1 is 1.29 bits per heavy atom. The maximum absolute atomic E-state index is 4.43. The summed E-state index contributed by atoms with van der Waals surface area (Å²) in [5.74, 6) is 0.975. The van der Waals surface area contributed by atoms with Crippen LogP contribution in [0.5, 0.6) is 0 Å². The van der Waals surface area contributed by atoms with E-state index < -0.39 is 0 Å². The summed E-state index contributed by atoms with van der Waals surface area (Å²) in [5.41, 5.74) is 1.28. The van der Waals surface area contributed by atoms with E-state index >= 15 is 0 Å². The van der Waals surface area contributed by atoms with Crippen LogP contribution in [0.25, 0.3) is 0 Å². The summed E-state index contributed by atoms with van der Waals surface area (Å²) < 4.78 is 0. The lowest BCUT2D eigenvalue weighted by Crippen LogP contribution is -2.29. The van der Waals surface area contributed by atoms with Gasteiger partial charge in [-0.1, -0.05) is 19.9 Å². The van der Waals surface area contributed by atoms with Crippen LogP contribution in [0.3, 0.4) is 0 Å². The Morgan fingerprint density at radius 2 is 2.06 bits per heavy atom. The van der Waals surface area contributed by atoms with E-state index in [-0.39, 0.29) is 0 Å². The second-order valence-corrected chi connectivity index (χ2v) is 4.64. The SMILES string of the molecule is CCCNc1ccc(CN(CC)C(C)C)cn1. The highest BCUT2D eigenvalue weighted by molar-refractivity contribution is 5.35. The maximum Gasteiger partial charge on any atom is 0.125 e. The standard InChI is InChI=1S/C14H25N3/c1-5-9-15-14-8-7-13(10-16-14)11-17(6-2)12(3)4/h7-8,10,12H,5-6,9,11H2,1-4H3,(H,15,16). The molecule has 0 radical (unpaired) electrons. The van der Waals surface area contributed by atoms with Gasteiger partial charge in [0.2, 0.25) is 0 Å². The van der Waals surface area contributed by atoms with E-state index in [0.717, 1.165) is 31.9 Å². The lowest BCUT2D eigenvalue weighted by Gasteiger charge is -2.24. The molecule has 0 saturated heterocycles. The first-order valence-corrected chi connectivity index (χ1v) is 6.60. The van der Waals surface area contributed by atoms with Crippen molar-refractivity contribution in [3.05, 3.63) is 23.9 Å². The van der Waals surface area contributed by atoms with Crippen LogP contribution in [0.4, 0.5) is 5.82 Å². The fraction of sp³-hybridized carbons (Fsp3) is 0.643. The fourth-order valence-electron chi connectivity index (χ4n) is 1.77. The molecular weight excluding hydrogens is 210 g/mol. The summed E-state index contributed by atoms with van der Waals surface area (Å²) in [6.07, 6.45) is 3.10. The normalized spacial score (nSPS) is 11.2. The van der Waals surface area contributed by atoms with Gasteiger partial charge in [-0.2, -0.15) is 0 Å². The molecule has 0 amide bonds. The van der Waals surface area contributed by atoms with Crippen molar-refractivity contribution in [3.8, 4) is 0 Å². The molecule has 17 heavy (non-hydrogen) atoms. The van der Waals surface area contributed by atoms with Crippen molar-refractivity contribution >= 4 is 5.82 Å². The highest BCUT2D eigenvalue weighted by atomic mass is 15.1. The third-order valence-electron chi connectivity index (χ3n) is 2.90. The van der Waals surface area contributed by atoms with Crippen LogP contribution in [-0.4, -0.2) is 29.0 Å². The van der Waals surface area contributed by atoms with Gasteiger partial charge in [-0.15, -0.1) is 0 Å². The van der Waals surface area contributed by atoms with Gasteiger partial charge < -0.3 is 5.32 Å². The summed E-state index contributed by atoms with van der Waals surface area (Å²) in [5, 5.41) is 3.29. The predicted octanol–water partition coefficient (Wildman–Crippen LogP) is 3.13. The first kappa shape index (κ1) is 14.0. The quantitative estimate of drug-likeness (QED) is 0.787. The molecule has 1 heterocycles. The number of hydrogen-bond donors (Lipinski definition) is 1. The second kappa shape index (κ2) is 7.28. The van der Waals surface area contributed by atoms with E-state index in [1.165, 1.54) is 5.56 Å². The minimum absolute atomic E-state index is 0.581. The second-order valence-electron chi connectivity index (χ2n) is 4.64. The first-order valence-electron chi connectivity index (χ1n) is 6.60. The van der Waals surface area contributed by atoms with Crippen molar-refractivity contribution in [3.63, 3.8) is 0 Å². The molecule has 1 aromatic rings. The summed E-state index contributed by atoms with van der Waals surface area (Å²) in [4.78, 5) is 6.85. The lowest BCUT2D eigenvalue weighted by molar-refractivity contribution is 0.224. The summed E-state index contributed by atoms with van der Waals surface area (Å²) in [6, 6.07) is 4.81. The molecule has 0 spiro atoms. The molecule has 0 fully saturated rings. The average molecular weight is 235 g/mol. The van der Waals surface area contributed by atoms with E-state index in [1.54, 1.807) is 0 Å². The summed E-state index contributed by atoms with van der Waals surface area (Å²) >= 11 is 0. The largest absolute Gasteiger partial charge is 0.370 e. The molecule has 96 valence electrons. The monoisotopic (exact) mass is 235 g/mol. The van der Waals surface area contributed by atoms with E-state index in [9.17, 15) is 0 Å². The third kappa shape index (κ3) is 4.73. The Labute approximate surface area is 105 Å². The molecule has 0 saturated carbocycles. The summed E-state index contributed by atoms with van der Waals surface area (Å²) in [7, 11) is 0. The van der Waals surface area contributed by atoms with Crippen LogP contribution < -0.4 is 5.32 Å². The highest BCUT2D eigenvalue weighted by Gasteiger charge is 2.07. The van der Waals surface area contributed by atoms with Crippen LogP contribution in [0, 0.1) is 0 Å². The van der Waals surface area contributed by atoms with Gasteiger partial charge >= 0.3 is 0 Å². The zero-order valence-electron chi connectivity index (χ0n) is 11.5. The van der Waals surface area contributed by atoms with Gasteiger partial charge in [-0.3, -0.25) is 4.90 Å². The Bertz CT molecular complexity index is 306. The van der Waals surface area contributed by atoms with E-state index in [4.69, 9.17) is 0 Å². The van der Waals surface area contributed by atoms with Crippen LogP contribution in [0.15, 0.2) is 18.3 Å². The number of pyridine rings is 1. The molecule has 0 bridgehead atoms. The van der Waals surface area contributed by atoms with Crippen molar-refractivity contribution < 1.29 is 0 Å². The van der Waals surface area contributed by atoms with Crippen LogP contribution in [0.1, 0.15) is 39.7 Å². The average Bonchev–Trinajstić information content (AvgIpc) is 2.34. The van der Waals surface area contributed by atoms with Crippen LogP contribution >= 0.6 is 0 Å². The molecule has 0 atom stereocenters. The first-order chi connectivity index (χ1) is 8.17. The number of rotatable bonds is 7. The number of anilines is 1. The van der Waals surface area contributed by atoms with Crippen molar-refractivity contribution in [1.82, 2.24) is 9.88 Å². The Hall–Kier alpha value is -1.09. The van der Waals surface area contributed by atoms with Crippen molar-refractivity contribution in [1.29, 1.82) is 0 Å². The van der Waals surface area contributed by atoms with Crippen molar-refractivity contribution in [2.24, 2.45) is 0 Å². The molecule has 0 aromatic carbocycles. The number of nitrogens with one attached hydrogen (secondary N) is 1. The lowest BCUT2D eigenvalue weighted by atomic mass is 10.2. The third-order valence-corrected chi connectivity index (χ3v) is 2.90. The molecular formula is C14H25N3. The van der Waals surface area contributed by atoms with E-state index in [1.807, 2.05) is 6.20 Å². The molecule has 1 rings (SSSR count). The minimum Gasteiger partial charge on any atom is -0.370 e. The van der Waals surface area contributed by atoms with Gasteiger partial charge in [0.1, 0.15) is 5.82 Å². The molecule has 0 aliphatic carbocycles. The van der Waals surface area contributed by atoms with Gasteiger partial charge in [0.15, 0.2) is 0 Å². The Kier molecular flexibility index (Phi) is 5.98. The number of aromatic nitrogens is 1. The molecule has 0 unspecified atom stereocenters. The predicted molar refractivity (Wildman–Crippen MR) is 74.2 cm³/mol. The molecule has 0 aliphatic heterocycles.